The fourth-order valence-corrected chi connectivity index (χ4v) is 3.44. The highest BCUT2D eigenvalue weighted by Gasteiger charge is 2.29. The van der Waals surface area contributed by atoms with Crippen LogP contribution >= 0.6 is 0 Å². The predicted octanol–water partition coefficient (Wildman–Crippen LogP) is 4.10. The minimum absolute atomic E-state index is 0.000409. The number of hydrogen-bond acceptors (Lipinski definition) is 2. The van der Waals surface area contributed by atoms with E-state index in [2.05, 4.69) is 5.32 Å². The number of likely N-dealkylation sites (tertiary alicyclic amines) is 1. The van der Waals surface area contributed by atoms with Gasteiger partial charge in [-0.15, -0.1) is 0 Å². The van der Waals surface area contributed by atoms with Gasteiger partial charge in [-0.3, -0.25) is 9.59 Å². The molecular weight excluding hydrogens is 324 g/mol. The molecule has 26 heavy (non-hydrogen) atoms. The number of benzene rings is 2. The van der Waals surface area contributed by atoms with Crippen molar-refractivity contribution in [3.05, 3.63) is 64.7 Å². The third-order valence-corrected chi connectivity index (χ3v) is 5.00. The van der Waals surface area contributed by atoms with Gasteiger partial charge in [0.1, 0.15) is 0 Å². The van der Waals surface area contributed by atoms with E-state index in [-0.39, 0.29) is 17.7 Å². The van der Waals surface area contributed by atoms with Crippen LogP contribution in [-0.4, -0.2) is 29.8 Å². The SMILES string of the molecule is Cc1cccc(C(=O)N2CCC[C@H](C(=O)Nc3cc(C)ccc3C)C2)c1. The number of nitrogens with one attached hydrogen (secondary N) is 1. The molecule has 0 saturated carbocycles. The molecule has 2 aromatic rings. The molecule has 0 bridgehead atoms. The molecular formula is C22H26N2O2. The van der Waals surface area contributed by atoms with Crippen molar-refractivity contribution in [3.8, 4) is 0 Å². The number of piperidine rings is 1. The van der Waals surface area contributed by atoms with Gasteiger partial charge in [0.05, 0.1) is 5.92 Å². The molecule has 0 unspecified atom stereocenters. The summed E-state index contributed by atoms with van der Waals surface area (Å²) in [5.74, 6) is -0.157. The maximum absolute atomic E-state index is 12.8. The van der Waals surface area contributed by atoms with Gasteiger partial charge in [0.2, 0.25) is 5.91 Å². The van der Waals surface area contributed by atoms with E-state index >= 15 is 0 Å². The molecule has 1 atom stereocenters. The second kappa shape index (κ2) is 7.73. The van der Waals surface area contributed by atoms with Crippen molar-refractivity contribution in [1.29, 1.82) is 0 Å². The summed E-state index contributed by atoms with van der Waals surface area (Å²) in [7, 11) is 0. The predicted molar refractivity (Wildman–Crippen MR) is 104 cm³/mol. The average molecular weight is 350 g/mol. The lowest BCUT2D eigenvalue weighted by Crippen LogP contribution is -2.43. The largest absolute Gasteiger partial charge is 0.338 e. The summed E-state index contributed by atoms with van der Waals surface area (Å²) in [4.78, 5) is 27.3. The monoisotopic (exact) mass is 350 g/mol. The zero-order valence-electron chi connectivity index (χ0n) is 15.7. The van der Waals surface area contributed by atoms with Crippen LogP contribution in [-0.2, 0) is 4.79 Å². The Hall–Kier alpha value is -2.62. The second-order valence-electron chi connectivity index (χ2n) is 7.27. The van der Waals surface area contributed by atoms with Crippen molar-refractivity contribution >= 4 is 17.5 Å². The molecule has 1 N–H and O–H groups in total. The molecule has 0 radical (unpaired) electrons. The number of anilines is 1. The van der Waals surface area contributed by atoms with E-state index in [1.165, 1.54) is 0 Å². The molecule has 1 aliphatic rings. The minimum Gasteiger partial charge on any atom is -0.338 e. The third-order valence-electron chi connectivity index (χ3n) is 5.00. The molecule has 1 heterocycles. The number of carbonyl (C=O) groups is 2. The molecule has 4 nitrogen and oxygen atoms in total. The average Bonchev–Trinajstić information content (AvgIpc) is 2.64. The second-order valence-corrected chi connectivity index (χ2v) is 7.27. The number of amides is 2. The Morgan fingerprint density at radius 3 is 2.58 bits per heavy atom. The Bertz CT molecular complexity index is 829. The van der Waals surface area contributed by atoms with Crippen LogP contribution in [0.25, 0.3) is 0 Å². The van der Waals surface area contributed by atoms with E-state index in [0.717, 1.165) is 35.2 Å². The number of carbonyl (C=O) groups excluding carboxylic acids is 2. The highest BCUT2D eigenvalue weighted by molar-refractivity contribution is 5.96. The molecule has 1 aliphatic heterocycles. The van der Waals surface area contributed by atoms with Crippen LogP contribution in [0.5, 0.6) is 0 Å². The van der Waals surface area contributed by atoms with Crippen LogP contribution in [0, 0.1) is 26.7 Å². The molecule has 2 aromatic carbocycles. The summed E-state index contributed by atoms with van der Waals surface area (Å²) < 4.78 is 0. The van der Waals surface area contributed by atoms with Crippen LogP contribution in [0.1, 0.15) is 39.9 Å². The quantitative estimate of drug-likeness (QED) is 0.906. The molecule has 1 fully saturated rings. The van der Waals surface area contributed by atoms with E-state index in [1.54, 1.807) is 0 Å². The molecule has 0 spiro atoms. The van der Waals surface area contributed by atoms with Crippen LogP contribution in [0.4, 0.5) is 5.69 Å². The van der Waals surface area contributed by atoms with E-state index in [4.69, 9.17) is 0 Å². The van der Waals surface area contributed by atoms with Crippen LogP contribution < -0.4 is 5.32 Å². The van der Waals surface area contributed by atoms with Crippen LogP contribution in [0.15, 0.2) is 42.5 Å². The van der Waals surface area contributed by atoms with E-state index < -0.39 is 0 Å². The number of nitrogens with zero attached hydrogens (tertiary/aromatic N) is 1. The normalized spacial score (nSPS) is 17.0. The van der Waals surface area contributed by atoms with Gasteiger partial charge in [-0.1, -0.05) is 29.8 Å². The number of aryl methyl sites for hydroxylation is 3. The first kappa shape index (κ1) is 18.2. The highest BCUT2D eigenvalue weighted by atomic mass is 16.2. The van der Waals surface area contributed by atoms with Gasteiger partial charge in [0.25, 0.3) is 5.91 Å². The van der Waals surface area contributed by atoms with Gasteiger partial charge in [-0.05, 0) is 62.9 Å². The molecule has 4 heteroatoms. The summed E-state index contributed by atoms with van der Waals surface area (Å²) in [6.45, 7) is 7.17. The van der Waals surface area contributed by atoms with Crippen LogP contribution in [0.2, 0.25) is 0 Å². The number of rotatable bonds is 3. The topological polar surface area (TPSA) is 49.4 Å². The van der Waals surface area contributed by atoms with E-state index in [0.29, 0.717) is 18.7 Å². The summed E-state index contributed by atoms with van der Waals surface area (Å²) >= 11 is 0. The highest BCUT2D eigenvalue weighted by Crippen LogP contribution is 2.22. The van der Waals surface area contributed by atoms with Crippen molar-refractivity contribution in [3.63, 3.8) is 0 Å². The maximum Gasteiger partial charge on any atom is 0.253 e. The van der Waals surface area contributed by atoms with Crippen molar-refractivity contribution in [1.82, 2.24) is 4.90 Å². The van der Waals surface area contributed by atoms with Crippen molar-refractivity contribution in [2.24, 2.45) is 5.92 Å². The molecule has 136 valence electrons. The zero-order valence-corrected chi connectivity index (χ0v) is 15.7. The van der Waals surface area contributed by atoms with Gasteiger partial charge in [0, 0.05) is 24.3 Å². The molecule has 3 rings (SSSR count). The molecule has 2 amide bonds. The van der Waals surface area contributed by atoms with E-state index in [9.17, 15) is 9.59 Å². The fourth-order valence-electron chi connectivity index (χ4n) is 3.44. The summed E-state index contributed by atoms with van der Waals surface area (Å²) in [5.41, 5.74) is 4.79. The Morgan fingerprint density at radius 2 is 1.81 bits per heavy atom. The smallest absolute Gasteiger partial charge is 0.253 e. The first-order valence-electron chi connectivity index (χ1n) is 9.18. The Morgan fingerprint density at radius 1 is 1.04 bits per heavy atom. The summed E-state index contributed by atoms with van der Waals surface area (Å²) in [6, 6.07) is 13.7. The lowest BCUT2D eigenvalue weighted by Gasteiger charge is -2.32. The lowest BCUT2D eigenvalue weighted by molar-refractivity contribution is -0.121. The van der Waals surface area contributed by atoms with E-state index in [1.807, 2.05) is 68.1 Å². The zero-order chi connectivity index (χ0) is 18.7. The van der Waals surface area contributed by atoms with Gasteiger partial charge < -0.3 is 10.2 Å². The molecule has 1 saturated heterocycles. The van der Waals surface area contributed by atoms with Crippen molar-refractivity contribution in [2.45, 2.75) is 33.6 Å². The van der Waals surface area contributed by atoms with Gasteiger partial charge in [-0.25, -0.2) is 0 Å². The first-order chi connectivity index (χ1) is 12.4. The van der Waals surface area contributed by atoms with Gasteiger partial charge in [-0.2, -0.15) is 0 Å². The fraction of sp³-hybridized carbons (Fsp3) is 0.364. The molecule has 0 aliphatic carbocycles. The lowest BCUT2D eigenvalue weighted by atomic mass is 9.96. The Kier molecular flexibility index (Phi) is 5.40. The third kappa shape index (κ3) is 4.13. The van der Waals surface area contributed by atoms with Gasteiger partial charge in [0.15, 0.2) is 0 Å². The maximum atomic E-state index is 12.8. The minimum atomic E-state index is -0.169. The summed E-state index contributed by atoms with van der Waals surface area (Å²) in [5, 5.41) is 3.05. The Labute approximate surface area is 155 Å². The first-order valence-corrected chi connectivity index (χ1v) is 9.18. The van der Waals surface area contributed by atoms with Crippen molar-refractivity contribution in [2.75, 3.05) is 18.4 Å². The van der Waals surface area contributed by atoms with Gasteiger partial charge >= 0.3 is 0 Å². The molecule has 0 aromatic heterocycles. The van der Waals surface area contributed by atoms with Crippen molar-refractivity contribution < 1.29 is 9.59 Å². The standard InChI is InChI=1S/C22H26N2O2/c1-15-6-4-7-18(12-15)22(26)24-11-5-8-19(14-24)21(25)23-20-13-16(2)9-10-17(20)3/h4,6-7,9-10,12-13,19H,5,8,11,14H2,1-3H3,(H,23,25)/t19-/m0/s1. The summed E-state index contributed by atoms with van der Waals surface area (Å²) in [6.07, 6.45) is 1.66. The number of hydrogen-bond donors (Lipinski definition) is 1. The Balaban J connectivity index is 1.68. The van der Waals surface area contributed by atoms with Crippen LogP contribution in [0.3, 0.4) is 0 Å².